The molecule has 2 aromatic rings. The number of hydrogen-bond donors (Lipinski definition) is 1. The summed E-state index contributed by atoms with van der Waals surface area (Å²) in [6, 6.07) is 14.9. The van der Waals surface area contributed by atoms with Gasteiger partial charge in [0, 0.05) is 22.1 Å². The molecule has 0 fully saturated rings. The van der Waals surface area contributed by atoms with Crippen LogP contribution in [0.1, 0.15) is 11.1 Å². The van der Waals surface area contributed by atoms with Crippen molar-refractivity contribution in [3.63, 3.8) is 0 Å². The molecule has 25 heavy (non-hydrogen) atoms. The van der Waals surface area contributed by atoms with Crippen molar-refractivity contribution in [2.24, 2.45) is 0 Å². The summed E-state index contributed by atoms with van der Waals surface area (Å²) in [4.78, 5) is 11.8. The zero-order valence-electron chi connectivity index (χ0n) is 13.5. The number of rotatable bonds is 5. The molecule has 124 valence electrons. The fourth-order valence-corrected chi connectivity index (χ4v) is 1.90. The fourth-order valence-electron chi connectivity index (χ4n) is 1.75. The second kappa shape index (κ2) is 9.93. The Kier molecular flexibility index (Phi) is 7.25. The van der Waals surface area contributed by atoms with E-state index in [1.807, 2.05) is 36.4 Å². The summed E-state index contributed by atoms with van der Waals surface area (Å²) in [5, 5.41) is 0. The van der Waals surface area contributed by atoms with Gasteiger partial charge in [0.2, 0.25) is 0 Å². The molecule has 0 aromatic heterocycles. The summed E-state index contributed by atoms with van der Waals surface area (Å²) in [7, 11) is 0. The number of esters is 1. The van der Waals surface area contributed by atoms with Crippen LogP contribution in [-0.4, -0.2) is 19.2 Å². The third-order valence-corrected chi connectivity index (χ3v) is 3.26. The summed E-state index contributed by atoms with van der Waals surface area (Å²) < 4.78 is 10.3. The van der Waals surface area contributed by atoms with E-state index in [2.05, 4.69) is 42.9 Å². The average Bonchev–Trinajstić information content (AvgIpc) is 2.64. The Hall–Kier alpha value is -3.08. The van der Waals surface area contributed by atoms with E-state index in [-0.39, 0.29) is 13.2 Å². The smallest absolute Gasteiger partial charge is 0.330 e. The van der Waals surface area contributed by atoms with Crippen LogP contribution in [0.3, 0.4) is 0 Å². The lowest BCUT2D eigenvalue weighted by molar-refractivity contribution is -0.138. The van der Waals surface area contributed by atoms with E-state index in [1.54, 1.807) is 12.1 Å². The van der Waals surface area contributed by atoms with Crippen LogP contribution in [0.2, 0.25) is 0 Å². The predicted molar refractivity (Wildman–Crippen MR) is 101 cm³/mol. The quantitative estimate of drug-likeness (QED) is 0.295. The number of carbonyl (C=O) groups excluding carboxylic acids is 1. The molecule has 0 unspecified atom stereocenters. The molecule has 0 spiro atoms. The van der Waals surface area contributed by atoms with Crippen LogP contribution in [0.5, 0.6) is 5.75 Å². The molecule has 0 saturated carbocycles. The van der Waals surface area contributed by atoms with Crippen LogP contribution in [-0.2, 0) is 9.53 Å². The molecular weight excluding hydrogens is 332 g/mol. The van der Waals surface area contributed by atoms with E-state index in [0.717, 1.165) is 22.1 Å². The monoisotopic (exact) mass is 348 g/mol. The SMILES string of the molecule is C=CC(=O)OCCOc1ccc(C#CC#Cc2ccc(S)cc2)cc1. The molecule has 0 aliphatic carbocycles. The van der Waals surface area contributed by atoms with Crippen molar-refractivity contribution < 1.29 is 14.3 Å². The van der Waals surface area contributed by atoms with Gasteiger partial charge in [-0.2, -0.15) is 0 Å². The van der Waals surface area contributed by atoms with E-state index in [4.69, 9.17) is 9.47 Å². The molecular formula is C21H16O3S. The maximum absolute atomic E-state index is 10.9. The van der Waals surface area contributed by atoms with Crippen molar-refractivity contribution in [1.29, 1.82) is 0 Å². The van der Waals surface area contributed by atoms with E-state index in [0.29, 0.717) is 5.75 Å². The van der Waals surface area contributed by atoms with Crippen molar-refractivity contribution in [3.8, 4) is 29.4 Å². The Bertz CT molecular complexity index is 844. The number of thiol groups is 1. The molecule has 0 aliphatic heterocycles. The molecule has 4 heteroatoms. The molecule has 2 rings (SSSR count). The van der Waals surface area contributed by atoms with Gasteiger partial charge in [-0.05, 0) is 60.4 Å². The first-order valence-corrected chi connectivity index (χ1v) is 7.95. The second-order valence-corrected chi connectivity index (χ2v) is 5.31. The van der Waals surface area contributed by atoms with E-state index < -0.39 is 5.97 Å². The van der Waals surface area contributed by atoms with Crippen molar-refractivity contribution in [1.82, 2.24) is 0 Å². The first-order valence-electron chi connectivity index (χ1n) is 7.50. The number of hydrogen-bond acceptors (Lipinski definition) is 4. The van der Waals surface area contributed by atoms with Gasteiger partial charge in [0.25, 0.3) is 0 Å². The van der Waals surface area contributed by atoms with E-state index >= 15 is 0 Å². The van der Waals surface area contributed by atoms with Crippen molar-refractivity contribution in [2.75, 3.05) is 13.2 Å². The predicted octanol–water partition coefficient (Wildman–Crippen LogP) is 3.49. The van der Waals surface area contributed by atoms with E-state index in [9.17, 15) is 4.79 Å². The van der Waals surface area contributed by atoms with Crippen molar-refractivity contribution >= 4 is 18.6 Å². The van der Waals surface area contributed by atoms with Crippen molar-refractivity contribution in [2.45, 2.75) is 4.90 Å². The minimum atomic E-state index is -0.461. The Balaban J connectivity index is 1.83. The highest BCUT2D eigenvalue weighted by Gasteiger charge is 1.97. The second-order valence-electron chi connectivity index (χ2n) is 4.79. The van der Waals surface area contributed by atoms with Crippen LogP contribution in [0.15, 0.2) is 66.1 Å². The highest BCUT2D eigenvalue weighted by Crippen LogP contribution is 2.11. The minimum Gasteiger partial charge on any atom is -0.490 e. The highest BCUT2D eigenvalue weighted by molar-refractivity contribution is 7.80. The molecule has 0 atom stereocenters. The lowest BCUT2D eigenvalue weighted by atomic mass is 10.2. The van der Waals surface area contributed by atoms with Gasteiger partial charge in [-0.1, -0.05) is 18.4 Å². The van der Waals surface area contributed by atoms with Crippen LogP contribution < -0.4 is 4.74 Å². The standard InChI is InChI=1S/C21H16O3S/c1-2-21(22)24-16-15-23-19-11-7-17(8-12-19)5-3-4-6-18-9-13-20(25)14-10-18/h2,7-14,25H,1,15-16H2. The van der Waals surface area contributed by atoms with E-state index in [1.165, 1.54) is 0 Å². The van der Waals surface area contributed by atoms with Gasteiger partial charge in [-0.3, -0.25) is 0 Å². The number of ether oxygens (including phenoxy) is 2. The average molecular weight is 348 g/mol. The van der Waals surface area contributed by atoms with Crippen LogP contribution in [0.4, 0.5) is 0 Å². The summed E-state index contributed by atoms with van der Waals surface area (Å²) in [5.74, 6) is 11.8. The maximum Gasteiger partial charge on any atom is 0.330 e. The molecule has 0 amide bonds. The van der Waals surface area contributed by atoms with Gasteiger partial charge in [0.05, 0.1) is 0 Å². The highest BCUT2D eigenvalue weighted by atomic mass is 32.1. The third kappa shape index (κ3) is 6.91. The maximum atomic E-state index is 10.9. The lowest BCUT2D eigenvalue weighted by Crippen LogP contribution is -2.10. The largest absolute Gasteiger partial charge is 0.490 e. The summed E-state index contributed by atoms with van der Waals surface area (Å²) >= 11 is 4.22. The summed E-state index contributed by atoms with van der Waals surface area (Å²) in [5.41, 5.74) is 1.73. The molecule has 0 bridgehead atoms. The van der Waals surface area contributed by atoms with Crippen LogP contribution >= 0.6 is 12.6 Å². The minimum absolute atomic E-state index is 0.177. The molecule has 2 aromatic carbocycles. The topological polar surface area (TPSA) is 35.5 Å². The Morgan fingerprint density at radius 3 is 2.08 bits per heavy atom. The fraction of sp³-hybridized carbons (Fsp3) is 0.0952. The van der Waals surface area contributed by atoms with Crippen LogP contribution in [0, 0.1) is 23.7 Å². The Labute approximate surface area is 153 Å². The van der Waals surface area contributed by atoms with Crippen molar-refractivity contribution in [3.05, 3.63) is 72.3 Å². The molecule has 0 aliphatic rings. The zero-order valence-corrected chi connectivity index (χ0v) is 14.4. The molecule has 0 heterocycles. The first kappa shape index (κ1) is 18.3. The van der Waals surface area contributed by atoms with Crippen LogP contribution in [0.25, 0.3) is 0 Å². The molecule has 0 N–H and O–H groups in total. The summed E-state index contributed by atoms with van der Waals surface area (Å²) in [6.45, 7) is 3.77. The summed E-state index contributed by atoms with van der Waals surface area (Å²) in [6.07, 6.45) is 1.12. The lowest BCUT2D eigenvalue weighted by Gasteiger charge is -2.06. The number of benzene rings is 2. The van der Waals surface area contributed by atoms with Gasteiger partial charge in [-0.15, -0.1) is 12.6 Å². The molecule has 3 nitrogen and oxygen atoms in total. The number of carbonyl (C=O) groups is 1. The Morgan fingerprint density at radius 2 is 1.52 bits per heavy atom. The Morgan fingerprint density at radius 1 is 0.960 bits per heavy atom. The zero-order chi connectivity index (χ0) is 17.9. The van der Waals surface area contributed by atoms with Gasteiger partial charge in [-0.25, -0.2) is 4.79 Å². The molecule has 0 radical (unpaired) electrons. The molecule has 0 saturated heterocycles. The third-order valence-electron chi connectivity index (χ3n) is 2.96. The van der Waals surface area contributed by atoms with Gasteiger partial charge in [0.15, 0.2) is 0 Å². The van der Waals surface area contributed by atoms with Gasteiger partial charge >= 0.3 is 5.97 Å². The normalized spacial score (nSPS) is 9.00. The van der Waals surface area contributed by atoms with Gasteiger partial charge in [0.1, 0.15) is 19.0 Å². The van der Waals surface area contributed by atoms with Gasteiger partial charge < -0.3 is 9.47 Å². The first-order chi connectivity index (χ1) is 12.2.